The third kappa shape index (κ3) is 4.84. The van der Waals surface area contributed by atoms with Gasteiger partial charge in [-0.1, -0.05) is 12.1 Å². The number of halogens is 1. The predicted molar refractivity (Wildman–Crippen MR) is 69.0 cm³/mol. The summed E-state index contributed by atoms with van der Waals surface area (Å²) in [5, 5.41) is 12.1. The second-order valence-electron chi connectivity index (χ2n) is 5.07. The van der Waals surface area contributed by atoms with Crippen LogP contribution < -0.4 is 5.32 Å². The Labute approximate surface area is 107 Å². The van der Waals surface area contributed by atoms with E-state index in [1.54, 1.807) is 19.9 Å². The van der Waals surface area contributed by atoms with Crippen molar-refractivity contribution in [2.24, 2.45) is 5.41 Å². The van der Waals surface area contributed by atoms with E-state index in [4.69, 9.17) is 5.11 Å². The first-order valence-electron chi connectivity index (χ1n) is 6.10. The molecule has 0 aromatic heterocycles. The Morgan fingerprint density at radius 2 is 2.11 bits per heavy atom. The van der Waals surface area contributed by atoms with Crippen LogP contribution in [0.3, 0.4) is 0 Å². The molecule has 2 N–H and O–H groups in total. The number of carboxylic acid groups (broad SMARTS) is 1. The first-order chi connectivity index (χ1) is 8.42. The maximum Gasteiger partial charge on any atom is 0.309 e. The molecule has 18 heavy (non-hydrogen) atoms. The van der Waals surface area contributed by atoms with Crippen molar-refractivity contribution in [2.45, 2.75) is 26.7 Å². The summed E-state index contributed by atoms with van der Waals surface area (Å²) in [5.74, 6) is -1.01. The minimum atomic E-state index is -0.783. The molecule has 0 atom stereocenters. The van der Waals surface area contributed by atoms with Crippen LogP contribution in [-0.2, 0) is 11.2 Å². The topological polar surface area (TPSA) is 49.3 Å². The lowest BCUT2D eigenvalue weighted by molar-refractivity contribution is -0.147. The molecule has 1 aromatic carbocycles. The van der Waals surface area contributed by atoms with Crippen LogP contribution in [0, 0.1) is 11.2 Å². The number of aliphatic carboxylic acids is 1. The van der Waals surface area contributed by atoms with Gasteiger partial charge in [-0.15, -0.1) is 0 Å². The van der Waals surface area contributed by atoms with Crippen LogP contribution in [0.15, 0.2) is 24.3 Å². The highest BCUT2D eigenvalue weighted by atomic mass is 19.1. The lowest BCUT2D eigenvalue weighted by Gasteiger charge is -2.18. The quantitative estimate of drug-likeness (QED) is 0.734. The zero-order chi connectivity index (χ0) is 13.6. The summed E-state index contributed by atoms with van der Waals surface area (Å²) in [5.41, 5.74) is 0.242. The molecule has 3 nitrogen and oxygen atoms in total. The van der Waals surface area contributed by atoms with Gasteiger partial charge in [-0.05, 0) is 57.5 Å². The lowest BCUT2D eigenvalue weighted by Crippen LogP contribution is -2.29. The van der Waals surface area contributed by atoms with Crippen molar-refractivity contribution in [3.63, 3.8) is 0 Å². The van der Waals surface area contributed by atoms with Gasteiger partial charge in [-0.3, -0.25) is 4.79 Å². The molecular weight excluding hydrogens is 233 g/mol. The smallest absolute Gasteiger partial charge is 0.309 e. The Bertz CT molecular complexity index is 405. The summed E-state index contributed by atoms with van der Waals surface area (Å²) in [4.78, 5) is 10.9. The van der Waals surface area contributed by atoms with Gasteiger partial charge in [0.15, 0.2) is 0 Å². The Morgan fingerprint density at radius 1 is 1.39 bits per heavy atom. The third-order valence-corrected chi connectivity index (χ3v) is 2.99. The fourth-order valence-corrected chi connectivity index (χ4v) is 1.56. The molecule has 0 radical (unpaired) electrons. The van der Waals surface area contributed by atoms with E-state index in [-0.39, 0.29) is 5.82 Å². The predicted octanol–water partition coefficient (Wildman–Crippen LogP) is 2.46. The Kier molecular flexibility index (Phi) is 5.28. The van der Waals surface area contributed by atoms with Crippen LogP contribution in [0.5, 0.6) is 0 Å². The second kappa shape index (κ2) is 6.50. The number of hydrogen-bond donors (Lipinski definition) is 2. The largest absolute Gasteiger partial charge is 0.481 e. The van der Waals surface area contributed by atoms with Gasteiger partial charge < -0.3 is 10.4 Å². The third-order valence-electron chi connectivity index (χ3n) is 2.99. The summed E-state index contributed by atoms with van der Waals surface area (Å²) < 4.78 is 12.9. The van der Waals surface area contributed by atoms with Gasteiger partial charge in [0.05, 0.1) is 5.41 Å². The summed E-state index contributed by atoms with van der Waals surface area (Å²) in [6.45, 7) is 4.79. The number of benzene rings is 1. The van der Waals surface area contributed by atoms with Crippen LogP contribution >= 0.6 is 0 Å². The van der Waals surface area contributed by atoms with Gasteiger partial charge in [-0.25, -0.2) is 4.39 Å². The van der Waals surface area contributed by atoms with Crippen LogP contribution in [0.25, 0.3) is 0 Å². The first kappa shape index (κ1) is 14.6. The van der Waals surface area contributed by atoms with Crippen LogP contribution in [0.4, 0.5) is 4.39 Å². The van der Waals surface area contributed by atoms with Gasteiger partial charge in [-0.2, -0.15) is 0 Å². The number of carboxylic acids is 1. The summed E-state index contributed by atoms with van der Waals surface area (Å²) in [6, 6.07) is 6.51. The van der Waals surface area contributed by atoms with E-state index in [1.165, 1.54) is 12.1 Å². The van der Waals surface area contributed by atoms with E-state index >= 15 is 0 Å². The minimum absolute atomic E-state index is 0.223. The molecular formula is C14H20FNO2. The first-order valence-corrected chi connectivity index (χ1v) is 6.10. The average molecular weight is 253 g/mol. The molecule has 0 aliphatic heterocycles. The van der Waals surface area contributed by atoms with Crippen molar-refractivity contribution in [3.05, 3.63) is 35.6 Å². The molecule has 4 heteroatoms. The molecule has 0 bridgehead atoms. The molecule has 0 fully saturated rings. The van der Waals surface area contributed by atoms with Crippen LogP contribution in [0.1, 0.15) is 25.8 Å². The Hall–Kier alpha value is -1.42. The van der Waals surface area contributed by atoms with E-state index in [9.17, 15) is 9.18 Å². The van der Waals surface area contributed by atoms with Gasteiger partial charge in [0.1, 0.15) is 5.82 Å². The molecule has 0 amide bonds. The van der Waals surface area contributed by atoms with Gasteiger partial charge in [0.2, 0.25) is 0 Å². The van der Waals surface area contributed by atoms with E-state index in [2.05, 4.69) is 5.32 Å². The van der Waals surface area contributed by atoms with Crippen molar-refractivity contribution in [1.29, 1.82) is 0 Å². The van der Waals surface area contributed by atoms with E-state index in [0.29, 0.717) is 13.0 Å². The summed E-state index contributed by atoms with van der Waals surface area (Å²) in [7, 11) is 0. The summed E-state index contributed by atoms with van der Waals surface area (Å²) in [6.07, 6.45) is 1.32. The highest BCUT2D eigenvalue weighted by molar-refractivity contribution is 5.73. The van der Waals surface area contributed by atoms with Gasteiger partial charge >= 0.3 is 5.97 Å². The Balaban J connectivity index is 2.22. The normalized spacial score (nSPS) is 11.5. The molecule has 0 saturated carbocycles. The van der Waals surface area contributed by atoms with Gasteiger partial charge in [0, 0.05) is 0 Å². The van der Waals surface area contributed by atoms with Crippen molar-refractivity contribution in [2.75, 3.05) is 13.1 Å². The zero-order valence-electron chi connectivity index (χ0n) is 10.9. The molecule has 100 valence electrons. The minimum Gasteiger partial charge on any atom is -0.481 e. The molecule has 0 spiro atoms. The van der Waals surface area contributed by atoms with Crippen LogP contribution in [0.2, 0.25) is 0 Å². The van der Waals surface area contributed by atoms with E-state index in [1.807, 2.05) is 6.07 Å². The maximum atomic E-state index is 12.9. The molecule has 0 aliphatic rings. The summed E-state index contributed by atoms with van der Waals surface area (Å²) >= 11 is 0. The fraction of sp³-hybridized carbons (Fsp3) is 0.500. The standard InChI is InChI=1S/C14H20FNO2/c1-14(2,13(17)18)7-9-16-8-6-11-4-3-5-12(15)10-11/h3-5,10,16H,6-9H2,1-2H3,(H,17,18). The second-order valence-corrected chi connectivity index (χ2v) is 5.07. The van der Waals surface area contributed by atoms with Crippen molar-refractivity contribution in [1.82, 2.24) is 5.32 Å². The number of nitrogens with one attached hydrogen (secondary N) is 1. The molecule has 1 aromatic rings. The molecule has 0 unspecified atom stereocenters. The monoisotopic (exact) mass is 253 g/mol. The number of carbonyl (C=O) groups is 1. The lowest BCUT2D eigenvalue weighted by atomic mass is 9.90. The SMILES string of the molecule is CC(C)(CCNCCc1cccc(F)c1)C(=O)O. The molecule has 0 saturated heterocycles. The highest BCUT2D eigenvalue weighted by Crippen LogP contribution is 2.19. The average Bonchev–Trinajstić information content (AvgIpc) is 2.28. The van der Waals surface area contributed by atoms with Crippen molar-refractivity contribution < 1.29 is 14.3 Å². The van der Waals surface area contributed by atoms with Crippen molar-refractivity contribution >= 4 is 5.97 Å². The van der Waals surface area contributed by atoms with Crippen LogP contribution in [-0.4, -0.2) is 24.2 Å². The Morgan fingerprint density at radius 3 is 2.72 bits per heavy atom. The highest BCUT2D eigenvalue weighted by Gasteiger charge is 2.25. The number of hydrogen-bond acceptors (Lipinski definition) is 2. The maximum absolute atomic E-state index is 12.9. The molecule has 0 aliphatic carbocycles. The van der Waals surface area contributed by atoms with E-state index < -0.39 is 11.4 Å². The van der Waals surface area contributed by atoms with Gasteiger partial charge in [0.25, 0.3) is 0 Å². The van der Waals surface area contributed by atoms with E-state index in [0.717, 1.165) is 18.5 Å². The number of rotatable bonds is 7. The molecule has 0 heterocycles. The molecule has 1 rings (SSSR count). The van der Waals surface area contributed by atoms with Crippen molar-refractivity contribution in [3.8, 4) is 0 Å². The fourth-order valence-electron chi connectivity index (χ4n) is 1.56. The zero-order valence-corrected chi connectivity index (χ0v) is 10.9.